The molecular weight excluding hydrogens is 266 g/mol. The molecule has 0 spiro atoms. The standard InChI is InChI=1S/C16H15N3O2/c1-16(2)15(20)19-14-12(21-16)10-17-13(18-14)9-8-11-6-4-3-5-7-11/h3-10H,1-2H3,(H,17,18,19,20)/b9-8+. The Morgan fingerprint density at radius 1 is 1.19 bits per heavy atom. The SMILES string of the molecule is CC1(C)OC2=CN=C(/C=C/c3ccccc3)NC2=NC1=O. The molecule has 0 saturated heterocycles. The van der Waals surface area contributed by atoms with Crippen LogP contribution in [0.4, 0.5) is 0 Å². The Balaban J connectivity index is 1.82. The van der Waals surface area contributed by atoms with E-state index in [1.165, 1.54) is 0 Å². The first-order valence-corrected chi connectivity index (χ1v) is 6.65. The van der Waals surface area contributed by atoms with Crippen molar-refractivity contribution in [3.05, 3.63) is 53.9 Å². The molecule has 0 aromatic heterocycles. The lowest BCUT2D eigenvalue weighted by Gasteiger charge is -2.30. The zero-order chi connectivity index (χ0) is 14.9. The number of hydrogen-bond donors (Lipinski definition) is 1. The van der Waals surface area contributed by atoms with E-state index in [-0.39, 0.29) is 5.91 Å². The van der Waals surface area contributed by atoms with Gasteiger partial charge in [0, 0.05) is 0 Å². The molecule has 1 aromatic carbocycles. The van der Waals surface area contributed by atoms with Crippen molar-refractivity contribution in [1.82, 2.24) is 5.32 Å². The second kappa shape index (κ2) is 5.01. The lowest BCUT2D eigenvalue weighted by molar-refractivity contribution is -0.135. The number of rotatable bonds is 2. The molecule has 5 heteroatoms. The topological polar surface area (TPSA) is 63.0 Å². The highest BCUT2D eigenvalue weighted by molar-refractivity contribution is 6.18. The summed E-state index contributed by atoms with van der Waals surface area (Å²) in [7, 11) is 0. The first-order valence-electron chi connectivity index (χ1n) is 6.65. The number of aliphatic imine (C=N–C) groups is 2. The fourth-order valence-electron chi connectivity index (χ4n) is 1.94. The van der Waals surface area contributed by atoms with E-state index in [1.807, 2.05) is 42.5 Å². The highest BCUT2D eigenvalue weighted by atomic mass is 16.5. The Morgan fingerprint density at radius 3 is 2.71 bits per heavy atom. The molecule has 2 aliphatic heterocycles. The summed E-state index contributed by atoms with van der Waals surface area (Å²) in [6.07, 6.45) is 5.34. The smallest absolute Gasteiger partial charge is 0.291 e. The fraction of sp³-hybridized carbons (Fsp3) is 0.188. The monoisotopic (exact) mass is 281 g/mol. The number of carbonyl (C=O) groups is 1. The van der Waals surface area contributed by atoms with Crippen molar-refractivity contribution in [1.29, 1.82) is 0 Å². The molecule has 0 unspecified atom stereocenters. The Labute approximate surface area is 122 Å². The molecule has 0 radical (unpaired) electrons. The number of nitrogens with one attached hydrogen (secondary N) is 1. The van der Waals surface area contributed by atoms with Gasteiger partial charge in [-0.25, -0.2) is 4.99 Å². The van der Waals surface area contributed by atoms with Crippen LogP contribution >= 0.6 is 0 Å². The normalized spacial score (nSPS) is 19.9. The summed E-state index contributed by atoms with van der Waals surface area (Å²) < 4.78 is 5.59. The van der Waals surface area contributed by atoms with Gasteiger partial charge in [-0.2, -0.15) is 4.99 Å². The van der Waals surface area contributed by atoms with E-state index in [4.69, 9.17) is 4.74 Å². The maximum atomic E-state index is 11.8. The summed E-state index contributed by atoms with van der Waals surface area (Å²) in [5.41, 5.74) is 0.125. The predicted molar refractivity (Wildman–Crippen MR) is 81.7 cm³/mol. The first-order chi connectivity index (χ1) is 10.0. The highest BCUT2D eigenvalue weighted by Gasteiger charge is 2.37. The van der Waals surface area contributed by atoms with E-state index < -0.39 is 5.60 Å². The summed E-state index contributed by atoms with van der Waals surface area (Å²) in [6.45, 7) is 3.37. The van der Waals surface area contributed by atoms with Crippen molar-refractivity contribution in [2.45, 2.75) is 19.4 Å². The maximum Gasteiger partial charge on any atom is 0.291 e. The Hall–Kier alpha value is -2.69. The summed E-state index contributed by atoms with van der Waals surface area (Å²) in [5.74, 6) is 1.19. The van der Waals surface area contributed by atoms with Crippen molar-refractivity contribution >= 4 is 23.7 Å². The number of nitrogens with zero attached hydrogens (tertiary/aromatic N) is 2. The van der Waals surface area contributed by atoms with Crippen LogP contribution in [0.25, 0.3) is 6.08 Å². The van der Waals surface area contributed by atoms with Crippen LogP contribution in [0.15, 0.2) is 58.4 Å². The Bertz CT molecular complexity index is 697. The van der Waals surface area contributed by atoms with Gasteiger partial charge in [-0.1, -0.05) is 36.4 Å². The van der Waals surface area contributed by atoms with Crippen LogP contribution < -0.4 is 5.32 Å². The zero-order valence-corrected chi connectivity index (χ0v) is 11.8. The minimum atomic E-state index is -0.941. The average molecular weight is 281 g/mol. The van der Waals surface area contributed by atoms with Crippen molar-refractivity contribution in [3.63, 3.8) is 0 Å². The average Bonchev–Trinajstić information content (AvgIpc) is 2.47. The van der Waals surface area contributed by atoms with Gasteiger partial charge in [-0.05, 0) is 25.5 Å². The molecular formula is C16H15N3O2. The van der Waals surface area contributed by atoms with E-state index in [2.05, 4.69) is 15.3 Å². The van der Waals surface area contributed by atoms with Gasteiger partial charge in [0.15, 0.2) is 17.2 Å². The maximum absolute atomic E-state index is 11.8. The van der Waals surface area contributed by atoms with E-state index in [0.29, 0.717) is 17.4 Å². The second-order valence-corrected chi connectivity index (χ2v) is 5.25. The lowest BCUT2D eigenvalue weighted by atomic mass is 10.1. The van der Waals surface area contributed by atoms with E-state index in [0.717, 1.165) is 5.56 Å². The molecule has 2 aliphatic rings. The molecule has 106 valence electrons. The summed E-state index contributed by atoms with van der Waals surface area (Å²) >= 11 is 0. The minimum Gasteiger partial charge on any atom is -0.472 e. The summed E-state index contributed by atoms with van der Waals surface area (Å²) in [5, 5.41) is 2.99. The Morgan fingerprint density at radius 2 is 1.95 bits per heavy atom. The predicted octanol–water partition coefficient (Wildman–Crippen LogP) is 2.28. The summed E-state index contributed by atoms with van der Waals surface area (Å²) in [4.78, 5) is 20.1. The van der Waals surface area contributed by atoms with Gasteiger partial charge in [0.05, 0.1) is 6.20 Å². The molecule has 5 nitrogen and oxygen atoms in total. The van der Waals surface area contributed by atoms with Gasteiger partial charge >= 0.3 is 0 Å². The fourth-order valence-corrected chi connectivity index (χ4v) is 1.94. The summed E-state index contributed by atoms with van der Waals surface area (Å²) in [6, 6.07) is 9.88. The van der Waals surface area contributed by atoms with Gasteiger partial charge in [0.1, 0.15) is 5.84 Å². The molecule has 2 heterocycles. The lowest BCUT2D eigenvalue weighted by Crippen LogP contribution is -2.45. The van der Waals surface area contributed by atoms with Gasteiger partial charge in [-0.3, -0.25) is 4.79 Å². The number of ether oxygens (including phenoxy) is 1. The molecule has 3 rings (SSSR count). The minimum absolute atomic E-state index is 0.310. The molecule has 0 saturated carbocycles. The third-order valence-corrected chi connectivity index (χ3v) is 3.13. The van der Waals surface area contributed by atoms with Crippen LogP contribution in [-0.2, 0) is 9.53 Å². The Kier molecular flexibility index (Phi) is 3.17. The van der Waals surface area contributed by atoms with Gasteiger partial charge in [0.2, 0.25) is 0 Å². The van der Waals surface area contributed by atoms with Crippen molar-refractivity contribution in [3.8, 4) is 0 Å². The van der Waals surface area contributed by atoms with Gasteiger partial charge < -0.3 is 10.1 Å². The second-order valence-electron chi connectivity index (χ2n) is 5.25. The largest absolute Gasteiger partial charge is 0.472 e. The van der Waals surface area contributed by atoms with Crippen LogP contribution in [-0.4, -0.2) is 23.2 Å². The van der Waals surface area contributed by atoms with Crippen molar-refractivity contribution in [2.24, 2.45) is 9.98 Å². The van der Waals surface area contributed by atoms with Crippen LogP contribution in [0.5, 0.6) is 0 Å². The number of carbonyl (C=O) groups excluding carboxylic acids is 1. The third kappa shape index (κ3) is 2.76. The van der Waals surface area contributed by atoms with E-state index in [1.54, 1.807) is 20.0 Å². The van der Waals surface area contributed by atoms with Crippen LogP contribution in [0, 0.1) is 0 Å². The first kappa shape index (κ1) is 13.3. The van der Waals surface area contributed by atoms with Gasteiger partial charge in [-0.15, -0.1) is 0 Å². The molecule has 1 aromatic rings. The number of hydrogen-bond acceptors (Lipinski definition) is 4. The molecule has 1 amide bonds. The van der Waals surface area contributed by atoms with Crippen LogP contribution in [0.3, 0.4) is 0 Å². The van der Waals surface area contributed by atoms with Crippen LogP contribution in [0.2, 0.25) is 0 Å². The van der Waals surface area contributed by atoms with Crippen LogP contribution in [0.1, 0.15) is 19.4 Å². The van der Waals surface area contributed by atoms with E-state index >= 15 is 0 Å². The number of amidine groups is 2. The number of benzene rings is 1. The molecule has 0 fully saturated rings. The molecule has 1 N–H and O–H groups in total. The zero-order valence-electron chi connectivity index (χ0n) is 11.8. The number of fused-ring (bicyclic) bond motifs is 1. The third-order valence-electron chi connectivity index (χ3n) is 3.13. The molecule has 0 atom stereocenters. The van der Waals surface area contributed by atoms with Crippen molar-refractivity contribution in [2.75, 3.05) is 0 Å². The highest BCUT2D eigenvalue weighted by Crippen LogP contribution is 2.23. The molecule has 21 heavy (non-hydrogen) atoms. The van der Waals surface area contributed by atoms with E-state index in [9.17, 15) is 4.79 Å². The van der Waals surface area contributed by atoms with Gasteiger partial charge in [0.25, 0.3) is 5.91 Å². The molecule has 0 aliphatic carbocycles. The number of amides is 1. The quantitative estimate of drug-likeness (QED) is 0.904. The van der Waals surface area contributed by atoms with Crippen molar-refractivity contribution < 1.29 is 9.53 Å². The molecule has 0 bridgehead atoms.